The number of nitrogens with zero attached hydrogens (tertiary/aromatic N) is 4. The third-order valence-electron chi connectivity index (χ3n) is 5.03. The monoisotopic (exact) mass is 468 g/mol. The molecule has 1 aliphatic rings. The number of fused-ring (bicyclic) bond motifs is 1. The summed E-state index contributed by atoms with van der Waals surface area (Å²) in [6, 6.07) is 0.657. The minimum absolute atomic E-state index is 0.0449. The molecule has 0 aromatic carbocycles. The lowest BCUT2D eigenvalue weighted by Crippen LogP contribution is -2.46. The number of aromatic amines is 1. The van der Waals surface area contributed by atoms with Gasteiger partial charge in [0.15, 0.2) is 5.82 Å². The summed E-state index contributed by atoms with van der Waals surface area (Å²) < 4.78 is 37.5. The van der Waals surface area contributed by atoms with Crippen molar-refractivity contribution >= 4 is 40.3 Å². The van der Waals surface area contributed by atoms with Gasteiger partial charge in [-0.25, -0.2) is 19.7 Å². The Morgan fingerprint density at radius 3 is 2.81 bits per heavy atom. The minimum atomic E-state index is -4.56. The normalized spacial score (nSPS) is 16.5. The standard InChI is InChI=1S/C19H16ClF3N6O3/c20-9-4-10-11(6-25-14(10)24-5-9)15-26-7-12(18(31)32)16(28-15)29-3-1-2-13(29)17(30)27-8-19(21,22)23/h4-7,13H,1-3,8H2,(H,24,25)(H,27,30)(H,31,32). The molecule has 13 heteroatoms. The van der Waals surface area contributed by atoms with Crippen molar-refractivity contribution in [3.8, 4) is 11.4 Å². The van der Waals surface area contributed by atoms with E-state index in [1.54, 1.807) is 12.3 Å². The molecule has 3 N–H and O–H groups in total. The molecule has 0 saturated carbocycles. The fourth-order valence-electron chi connectivity index (χ4n) is 3.63. The molecule has 0 radical (unpaired) electrons. The zero-order valence-electron chi connectivity index (χ0n) is 16.3. The number of rotatable bonds is 5. The van der Waals surface area contributed by atoms with E-state index in [0.29, 0.717) is 28.0 Å². The number of halogens is 4. The number of carboxylic acids is 1. The van der Waals surface area contributed by atoms with Gasteiger partial charge in [0, 0.05) is 36.1 Å². The van der Waals surface area contributed by atoms with Crippen LogP contribution in [0.4, 0.5) is 19.0 Å². The third-order valence-corrected chi connectivity index (χ3v) is 5.23. The number of H-pyrrole nitrogens is 1. The molecular formula is C19H16ClF3N6O3. The average molecular weight is 469 g/mol. The van der Waals surface area contributed by atoms with Gasteiger partial charge in [0.25, 0.3) is 0 Å². The summed E-state index contributed by atoms with van der Waals surface area (Å²) in [5.74, 6) is -2.06. The Balaban J connectivity index is 1.73. The number of carbonyl (C=O) groups is 2. The molecule has 3 aromatic heterocycles. The number of aromatic nitrogens is 4. The maximum absolute atomic E-state index is 12.5. The second-order valence-electron chi connectivity index (χ2n) is 7.17. The maximum Gasteiger partial charge on any atom is 0.405 e. The van der Waals surface area contributed by atoms with Crippen LogP contribution in [0.3, 0.4) is 0 Å². The van der Waals surface area contributed by atoms with Crippen LogP contribution < -0.4 is 10.2 Å². The van der Waals surface area contributed by atoms with Gasteiger partial charge < -0.3 is 20.3 Å². The lowest BCUT2D eigenvalue weighted by molar-refractivity contribution is -0.139. The lowest BCUT2D eigenvalue weighted by atomic mass is 10.1. The van der Waals surface area contributed by atoms with E-state index < -0.39 is 30.6 Å². The third kappa shape index (κ3) is 4.31. The number of pyridine rings is 1. The molecule has 168 valence electrons. The molecule has 1 saturated heterocycles. The van der Waals surface area contributed by atoms with Crippen LogP contribution in [0.25, 0.3) is 22.4 Å². The van der Waals surface area contributed by atoms with E-state index in [-0.39, 0.29) is 30.2 Å². The summed E-state index contributed by atoms with van der Waals surface area (Å²) in [5.41, 5.74) is 0.758. The highest BCUT2D eigenvalue weighted by atomic mass is 35.5. The summed E-state index contributed by atoms with van der Waals surface area (Å²) in [6.07, 6.45) is 0.338. The van der Waals surface area contributed by atoms with E-state index in [4.69, 9.17) is 11.6 Å². The van der Waals surface area contributed by atoms with Crippen molar-refractivity contribution in [1.29, 1.82) is 0 Å². The fourth-order valence-corrected chi connectivity index (χ4v) is 3.79. The molecule has 0 bridgehead atoms. The van der Waals surface area contributed by atoms with E-state index in [1.165, 1.54) is 11.1 Å². The first-order valence-corrected chi connectivity index (χ1v) is 9.86. The van der Waals surface area contributed by atoms with E-state index in [9.17, 15) is 27.9 Å². The van der Waals surface area contributed by atoms with Gasteiger partial charge in [0.05, 0.1) is 5.02 Å². The molecule has 0 aliphatic carbocycles. The van der Waals surface area contributed by atoms with Gasteiger partial charge >= 0.3 is 12.1 Å². The molecule has 1 unspecified atom stereocenters. The summed E-state index contributed by atoms with van der Waals surface area (Å²) in [4.78, 5) is 41.2. The van der Waals surface area contributed by atoms with Gasteiger partial charge in [-0.1, -0.05) is 11.6 Å². The number of nitrogens with one attached hydrogen (secondary N) is 2. The SMILES string of the molecule is O=C(O)c1cnc(-c2c[nH]c3ncc(Cl)cc23)nc1N1CCCC1C(=O)NCC(F)(F)F. The van der Waals surface area contributed by atoms with E-state index in [1.807, 2.05) is 5.32 Å². The second-order valence-corrected chi connectivity index (χ2v) is 7.61. The van der Waals surface area contributed by atoms with Crippen LogP contribution in [0.2, 0.25) is 5.02 Å². The van der Waals surface area contributed by atoms with E-state index in [2.05, 4.69) is 19.9 Å². The second kappa shape index (κ2) is 8.26. The van der Waals surface area contributed by atoms with Crippen molar-refractivity contribution < 1.29 is 27.9 Å². The molecule has 9 nitrogen and oxygen atoms in total. The Morgan fingerprint density at radius 1 is 1.31 bits per heavy atom. The Morgan fingerprint density at radius 2 is 2.09 bits per heavy atom. The molecule has 4 rings (SSSR count). The van der Waals surface area contributed by atoms with Crippen LogP contribution in [-0.4, -0.2) is 62.2 Å². The molecule has 1 fully saturated rings. The van der Waals surface area contributed by atoms with Crippen molar-refractivity contribution in [2.75, 3.05) is 18.0 Å². The van der Waals surface area contributed by atoms with Crippen LogP contribution in [0.1, 0.15) is 23.2 Å². The van der Waals surface area contributed by atoms with Gasteiger partial charge in [-0.2, -0.15) is 13.2 Å². The van der Waals surface area contributed by atoms with E-state index >= 15 is 0 Å². The Kier molecular flexibility index (Phi) is 5.63. The first-order valence-electron chi connectivity index (χ1n) is 9.48. The highest BCUT2D eigenvalue weighted by Crippen LogP contribution is 2.32. The number of carboxylic acid groups (broad SMARTS) is 1. The van der Waals surface area contributed by atoms with Crippen molar-refractivity contribution in [3.05, 3.63) is 35.2 Å². The first kappa shape index (κ1) is 21.8. The van der Waals surface area contributed by atoms with Crippen LogP contribution in [-0.2, 0) is 4.79 Å². The number of carbonyl (C=O) groups excluding carboxylic acids is 1. The number of amides is 1. The maximum atomic E-state index is 12.5. The molecule has 4 heterocycles. The molecule has 1 atom stereocenters. The highest BCUT2D eigenvalue weighted by molar-refractivity contribution is 6.31. The Bertz CT molecular complexity index is 1200. The molecule has 0 spiro atoms. The quantitative estimate of drug-likeness (QED) is 0.525. The van der Waals surface area contributed by atoms with E-state index in [0.717, 1.165) is 6.20 Å². The number of hydrogen-bond donors (Lipinski definition) is 3. The zero-order chi connectivity index (χ0) is 23.0. The number of aromatic carboxylic acids is 1. The van der Waals surface area contributed by atoms with Gasteiger partial charge in [0.2, 0.25) is 5.91 Å². The molecule has 1 amide bonds. The summed E-state index contributed by atoms with van der Waals surface area (Å²) in [5, 5.41) is 12.4. The smallest absolute Gasteiger partial charge is 0.405 e. The van der Waals surface area contributed by atoms with Crippen molar-refractivity contribution in [1.82, 2.24) is 25.3 Å². The van der Waals surface area contributed by atoms with Gasteiger partial charge in [0.1, 0.15) is 29.6 Å². The molecule has 32 heavy (non-hydrogen) atoms. The topological polar surface area (TPSA) is 124 Å². The number of anilines is 1. The average Bonchev–Trinajstić information content (AvgIpc) is 3.38. The zero-order valence-corrected chi connectivity index (χ0v) is 17.0. The van der Waals surface area contributed by atoms with Gasteiger partial charge in [-0.15, -0.1) is 0 Å². The largest absolute Gasteiger partial charge is 0.477 e. The number of hydrogen-bond acceptors (Lipinski definition) is 6. The van der Waals surface area contributed by atoms with Gasteiger partial charge in [-0.3, -0.25) is 4.79 Å². The molecule has 1 aliphatic heterocycles. The van der Waals surface area contributed by atoms with Crippen molar-refractivity contribution in [2.45, 2.75) is 25.1 Å². The van der Waals surface area contributed by atoms with Crippen LogP contribution in [0.15, 0.2) is 24.7 Å². The predicted molar refractivity (Wildman–Crippen MR) is 109 cm³/mol. The molecule has 3 aromatic rings. The Hall–Kier alpha value is -3.41. The first-order chi connectivity index (χ1) is 15.1. The van der Waals surface area contributed by atoms with Crippen LogP contribution in [0.5, 0.6) is 0 Å². The fraction of sp³-hybridized carbons (Fsp3) is 0.316. The summed E-state index contributed by atoms with van der Waals surface area (Å²) >= 11 is 6.02. The highest BCUT2D eigenvalue weighted by Gasteiger charge is 2.36. The van der Waals surface area contributed by atoms with Crippen LogP contribution >= 0.6 is 11.6 Å². The van der Waals surface area contributed by atoms with Gasteiger partial charge in [-0.05, 0) is 18.9 Å². The summed E-state index contributed by atoms with van der Waals surface area (Å²) in [6.45, 7) is -1.22. The molecular weight excluding hydrogens is 453 g/mol. The minimum Gasteiger partial charge on any atom is -0.477 e. The Labute approximate surface area is 183 Å². The predicted octanol–water partition coefficient (Wildman–Crippen LogP) is 3.02. The van der Waals surface area contributed by atoms with Crippen LogP contribution in [0, 0.1) is 0 Å². The van der Waals surface area contributed by atoms with Crippen molar-refractivity contribution in [2.24, 2.45) is 0 Å². The lowest BCUT2D eigenvalue weighted by Gasteiger charge is -2.26. The van der Waals surface area contributed by atoms with Crippen molar-refractivity contribution in [3.63, 3.8) is 0 Å². The summed E-state index contributed by atoms with van der Waals surface area (Å²) in [7, 11) is 0. The number of alkyl halides is 3.